The summed E-state index contributed by atoms with van der Waals surface area (Å²) < 4.78 is 27.4. The van der Waals surface area contributed by atoms with Crippen LogP contribution in [0.3, 0.4) is 0 Å². The maximum absolute atomic E-state index is 12.8. The first-order chi connectivity index (χ1) is 10.7. The Morgan fingerprint density at radius 2 is 2.13 bits per heavy atom. The summed E-state index contributed by atoms with van der Waals surface area (Å²) in [6, 6.07) is 3.68. The first-order valence-corrected chi connectivity index (χ1v) is 9.92. The van der Waals surface area contributed by atoms with E-state index < -0.39 is 16.0 Å². The molecule has 1 fully saturated rings. The van der Waals surface area contributed by atoms with Gasteiger partial charge in [0.25, 0.3) is 10.0 Å². The summed E-state index contributed by atoms with van der Waals surface area (Å²) in [5.74, 6) is -0.804. The van der Waals surface area contributed by atoms with Crippen molar-refractivity contribution < 1.29 is 18.3 Å². The molecule has 2 atom stereocenters. The topological polar surface area (TPSA) is 77.9 Å². The number of rotatable bonds is 6. The van der Waals surface area contributed by atoms with Gasteiger partial charge in [-0.25, -0.2) is 8.42 Å². The largest absolute Gasteiger partial charge is 0.481 e. The molecule has 1 aliphatic rings. The minimum Gasteiger partial charge on any atom is -0.481 e. The second kappa shape index (κ2) is 7.29. The molecule has 2 rings (SSSR count). The highest BCUT2D eigenvalue weighted by molar-refractivity contribution is 7.91. The molecule has 6 nitrogen and oxygen atoms in total. The fourth-order valence-electron chi connectivity index (χ4n) is 3.16. The van der Waals surface area contributed by atoms with Crippen molar-refractivity contribution in [3.63, 3.8) is 0 Å². The zero-order valence-electron chi connectivity index (χ0n) is 13.7. The van der Waals surface area contributed by atoms with Crippen LogP contribution < -0.4 is 0 Å². The molecule has 2 heterocycles. The van der Waals surface area contributed by atoms with Gasteiger partial charge in [0.15, 0.2) is 0 Å². The second-order valence-corrected chi connectivity index (χ2v) is 9.69. The molecule has 1 aliphatic heterocycles. The van der Waals surface area contributed by atoms with Crippen LogP contribution >= 0.6 is 11.3 Å². The highest BCUT2D eigenvalue weighted by Crippen LogP contribution is 2.31. The average Bonchev–Trinajstić information content (AvgIpc) is 2.92. The number of nitrogens with zero attached hydrogens (tertiary/aromatic N) is 2. The van der Waals surface area contributed by atoms with E-state index in [-0.39, 0.29) is 18.4 Å². The lowest BCUT2D eigenvalue weighted by atomic mass is 9.88. The SMILES string of the molecule is Cc1ccc(S(=O)(=O)N2CC[C@@H](N(C)C)[C@@H](CCC(=O)O)C2)s1. The predicted molar refractivity (Wildman–Crippen MR) is 90.3 cm³/mol. The Morgan fingerprint density at radius 1 is 1.43 bits per heavy atom. The van der Waals surface area contributed by atoms with E-state index >= 15 is 0 Å². The molecule has 23 heavy (non-hydrogen) atoms. The second-order valence-electron chi connectivity index (χ2n) is 6.24. The molecular weight excluding hydrogens is 336 g/mol. The maximum Gasteiger partial charge on any atom is 0.303 e. The number of aliphatic carboxylic acids is 1. The summed E-state index contributed by atoms with van der Waals surface area (Å²) >= 11 is 1.28. The number of carboxylic acid groups (broad SMARTS) is 1. The van der Waals surface area contributed by atoms with E-state index in [4.69, 9.17) is 5.11 Å². The van der Waals surface area contributed by atoms with Crippen molar-refractivity contribution in [2.45, 2.75) is 36.4 Å². The van der Waals surface area contributed by atoms with Gasteiger partial charge < -0.3 is 10.0 Å². The molecule has 1 aromatic rings. The number of sulfonamides is 1. The van der Waals surface area contributed by atoms with E-state index in [1.807, 2.05) is 27.1 Å². The molecule has 0 bridgehead atoms. The van der Waals surface area contributed by atoms with Gasteiger partial charge in [-0.05, 0) is 51.9 Å². The predicted octanol–water partition coefficient (Wildman–Crippen LogP) is 1.86. The van der Waals surface area contributed by atoms with Crippen molar-refractivity contribution in [3.8, 4) is 0 Å². The number of hydrogen-bond acceptors (Lipinski definition) is 5. The van der Waals surface area contributed by atoms with Crippen LogP contribution in [0.1, 0.15) is 24.1 Å². The summed E-state index contributed by atoms with van der Waals surface area (Å²) in [6.07, 6.45) is 1.29. The third kappa shape index (κ3) is 4.32. The van der Waals surface area contributed by atoms with E-state index in [9.17, 15) is 13.2 Å². The zero-order chi connectivity index (χ0) is 17.2. The smallest absolute Gasteiger partial charge is 0.303 e. The van der Waals surface area contributed by atoms with E-state index in [1.54, 1.807) is 6.07 Å². The number of thiophene rings is 1. The molecule has 0 unspecified atom stereocenters. The molecule has 0 aliphatic carbocycles. The van der Waals surface area contributed by atoms with Crippen molar-refractivity contribution in [2.24, 2.45) is 5.92 Å². The van der Waals surface area contributed by atoms with Crippen LogP contribution in [-0.2, 0) is 14.8 Å². The van der Waals surface area contributed by atoms with Crippen molar-refractivity contribution in [3.05, 3.63) is 17.0 Å². The third-order valence-corrected chi connectivity index (χ3v) is 7.69. The molecular formula is C15H24N2O4S2. The highest BCUT2D eigenvalue weighted by atomic mass is 32.2. The van der Waals surface area contributed by atoms with E-state index in [1.165, 1.54) is 15.6 Å². The molecule has 0 radical (unpaired) electrons. The van der Waals surface area contributed by atoms with Crippen molar-refractivity contribution >= 4 is 27.3 Å². The van der Waals surface area contributed by atoms with Gasteiger partial charge in [0.2, 0.25) is 0 Å². The standard InChI is InChI=1S/C15H24N2O4S2/c1-11-4-7-15(22-11)23(20,21)17-9-8-13(16(2)3)12(10-17)5-6-14(18)19/h4,7,12-13H,5-6,8-10H2,1-3H3,(H,18,19)/t12-,13+/m0/s1. The van der Waals surface area contributed by atoms with Crippen LogP contribution in [0, 0.1) is 12.8 Å². The average molecular weight is 361 g/mol. The van der Waals surface area contributed by atoms with Gasteiger partial charge in [0.05, 0.1) is 0 Å². The van der Waals surface area contributed by atoms with Gasteiger partial charge >= 0.3 is 5.97 Å². The molecule has 0 amide bonds. The maximum atomic E-state index is 12.8. The Balaban J connectivity index is 2.17. The van der Waals surface area contributed by atoms with Crippen LogP contribution in [0.15, 0.2) is 16.3 Å². The Labute approximate surface area is 141 Å². The Morgan fingerprint density at radius 3 is 2.65 bits per heavy atom. The highest BCUT2D eigenvalue weighted by Gasteiger charge is 2.36. The number of aryl methyl sites for hydroxylation is 1. The molecule has 0 saturated carbocycles. The lowest BCUT2D eigenvalue weighted by molar-refractivity contribution is -0.137. The van der Waals surface area contributed by atoms with Gasteiger partial charge in [0.1, 0.15) is 4.21 Å². The summed E-state index contributed by atoms with van der Waals surface area (Å²) in [6.45, 7) is 2.75. The Bertz CT molecular complexity index is 654. The van der Waals surface area contributed by atoms with E-state index in [2.05, 4.69) is 4.90 Å². The monoisotopic (exact) mass is 360 g/mol. The number of piperidine rings is 1. The first kappa shape index (κ1) is 18.4. The minimum atomic E-state index is -3.48. The normalized spacial score (nSPS) is 23.3. The molecule has 8 heteroatoms. The van der Waals surface area contributed by atoms with Crippen molar-refractivity contribution in [2.75, 3.05) is 27.2 Å². The fourth-order valence-corrected chi connectivity index (χ4v) is 6.10. The minimum absolute atomic E-state index is 0.0330. The first-order valence-electron chi connectivity index (χ1n) is 7.66. The molecule has 1 saturated heterocycles. The molecule has 130 valence electrons. The van der Waals surface area contributed by atoms with Crippen molar-refractivity contribution in [1.29, 1.82) is 0 Å². The van der Waals surface area contributed by atoms with Gasteiger partial charge in [-0.15, -0.1) is 11.3 Å². The third-order valence-electron chi connectivity index (χ3n) is 4.36. The molecule has 0 aromatic carbocycles. The van der Waals surface area contributed by atoms with Gasteiger partial charge in [-0.1, -0.05) is 0 Å². The van der Waals surface area contributed by atoms with Crippen LogP contribution in [0.2, 0.25) is 0 Å². The summed E-state index contributed by atoms with van der Waals surface area (Å²) in [7, 11) is 0.451. The Hall–Kier alpha value is -0.960. The lowest BCUT2D eigenvalue weighted by Gasteiger charge is -2.40. The van der Waals surface area contributed by atoms with Crippen molar-refractivity contribution in [1.82, 2.24) is 9.21 Å². The van der Waals surface area contributed by atoms with Crippen LogP contribution in [0.4, 0.5) is 0 Å². The number of hydrogen-bond donors (Lipinski definition) is 1. The molecule has 1 N–H and O–H groups in total. The van der Waals surface area contributed by atoms with Gasteiger partial charge in [-0.2, -0.15) is 4.31 Å². The quantitative estimate of drug-likeness (QED) is 0.838. The number of carboxylic acids is 1. The van der Waals surface area contributed by atoms with E-state index in [0.29, 0.717) is 23.7 Å². The molecule has 0 spiro atoms. The molecule has 1 aromatic heterocycles. The van der Waals surface area contributed by atoms with Gasteiger partial charge in [0, 0.05) is 30.4 Å². The lowest BCUT2D eigenvalue weighted by Crippen LogP contribution is -2.50. The number of carbonyl (C=O) groups is 1. The summed E-state index contributed by atoms with van der Waals surface area (Å²) in [4.78, 5) is 13.9. The van der Waals surface area contributed by atoms with E-state index in [0.717, 1.165) is 11.3 Å². The van der Waals surface area contributed by atoms with Crippen LogP contribution in [0.5, 0.6) is 0 Å². The summed E-state index contributed by atoms with van der Waals surface area (Å²) in [5, 5.41) is 8.93. The zero-order valence-corrected chi connectivity index (χ0v) is 15.4. The fraction of sp³-hybridized carbons (Fsp3) is 0.667. The Kier molecular flexibility index (Phi) is 5.83. The van der Waals surface area contributed by atoms with Gasteiger partial charge in [-0.3, -0.25) is 4.79 Å². The van der Waals surface area contributed by atoms with Crippen LogP contribution in [-0.4, -0.2) is 61.9 Å². The summed E-state index contributed by atoms with van der Waals surface area (Å²) in [5.41, 5.74) is 0. The van der Waals surface area contributed by atoms with Crippen LogP contribution in [0.25, 0.3) is 0 Å².